The number of hydrogen-bond donors (Lipinski definition) is 1. The Bertz CT molecular complexity index is 1020. The molecule has 1 saturated heterocycles. The molecule has 3 aromatic rings. The van der Waals surface area contributed by atoms with Crippen molar-refractivity contribution in [3.63, 3.8) is 0 Å². The van der Waals surface area contributed by atoms with E-state index in [0.29, 0.717) is 6.61 Å². The number of phenols is 1. The maximum atomic E-state index is 9.93. The molecule has 0 amide bonds. The maximum absolute atomic E-state index is 9.93. The molecule has 5 rings (SSSR count). The molecule has 32 heavy (non-hydrogen) atoms. The van der Waals surface area contributed by atoms with Crippen LogP contribution in [-0.2, 0) is 0 Å². The lowest BCUT2D eigenvalue weighted by Gasteiger charge is -2.34. The lowest BCUT2D eigenvalue weighted by atomic mass is 10.00. The monoisotopic (exact) mass is 447 g/mol. The van der Waals surface area contributed by atoms with E-state index in [1.54, 1.807) is 23.9 Å². The molecular formula is C27H29NO3S. The minimum absolute atomic E-state index is 0.124. The first kappa shape index (κ1) is 21.2. The molecule has 0 saturated carbocycles. The van der Waals surface area contributed by atoms with Crippen molar-refractivity contribution in [3.05, 3.63) is 83.9 Å². The highest BCUT2D eigenvalue weighted by Gasteiger charge is 2.33. The molecule has 2 heterocycles. The smallest absolute Gasteiger partial charge is 0.140 e. The number of thioether (sulfide) groups is 1. The summed E-state index contributed by atoms with van der Waals surface area (Å²) in [5, 5.41) is 10.1. The molecule has 3 aromatic carbocycles. The summed E-state index contributed by atoms with van der Waals surface area (Å²) >= 11 is 1.78. The Balaban J connectivity index is 1.31. The van der Waals surface area contributed by atoms with Crippen molar-refractivity contribution in [1.29, 1.82) is 0 Å². The van der Waals surface area contributed by atoms with Gasteiger partial charge in [-0.2, -0.15) is 0 Å². The van der Waals surface area contributed by atoms with Crippen molar-refractivity contribution in [2.24, 2.45) is 0 Å². The molecule has 0 spiro atoms. The number of benzene rings is 3. The van der Waals surface area contributed by atoms with Crippen molar-refractivity contribution >= 4 is 11.8 Å². The van der Waals surface area contributed by atoms with Crippen molar-refractivity contribution in [2.75, 3.05) is 26.2 Å². The number of rotatable bonds is 6. The Morgan fingerprint density at radius 2 is 1.69 bits per heavy atom. The molecule has 2 atom stereocenters. The van der Waals surface area contributed by atoms with Crippen LogP contribution in [0.5, 0.6) is 17.2 Å². The van der Waals surface area contributed by atoms with Crippen molar-refractivity contribution < 1.29 is 14.6 Å². The fourth-order valence-electron chi connectivity index (χ4n) is 4.44. The zero-order chi connectivity index (χ0) is 21.8. The van der Waals surface area contributed by atoms with Gasteiger partial charge in [0.1, 0.15) is 30.0 Å². The van der Waals surface area contributed by atoms with Gasteiger partial charge >= 0.3 is 0 Å². The molecule has 166 valence electrons. The minimum Gasteiger partial charge on any atom is -0.508 e. The predicted octanol–water partition coefficient (Wildman–Crippen LogP) is 6.22. The molecule has 1 fully saturated rings. The van der Waals surface area contributed by atoms with Crippen LogP contribution in [0.3, 0.4) is 0 Å². The number of hydrogen-bond acceptors (Lipinski definition) is 5. The van der Waals surface area contributed by atoms with Crippen LogP contribution >= 0.6 is 11.8 Å². The van der Waals surface area contributed by atoms with E-state index < -0.39 is 0 Å². The van der Waals surface area contributed by atoms with Gasteiger partial charge in [-0.15, -0.1) is 11.8 Å². The van der Waals surface area contributed by atoms with E-state index in [4.69, 9.17) is 9.47 Å². The van der Waals surface area contributed by atoms with E-state index in [1.807, 2.05) is 24.3 Å². The number of likely N-dealkylation sites (tertiary alicyclic amines) is 1. The SMILES string of the molecule is Oc1ccc2c(c1)O[C@H](c1ccc(OCCN3CCCCC3)cc1)C(c1ccccc1)S2. The highest BCUT2D eigenvalue weighted by molar-refractivity contribution is 7.99. The maximum Gasteiger partial charge on any atom is 0.140 e. The first-order valence-electron chi connectivity index (χ1n) is 11.4. The minimum atomic E-state index is -0.154. The Labute approximate surface area is 194 Å². The number of fused-ring (bicyclic) bond motifs is 1. The van der Waals surface area contributed by atoms with Crippen LogP contribution in [0, 0.1) is 0 Å². The van der Waals surface area contributed by atoms with E-state index in [9.17, 15) is 5.11 Å². The average Bonchev–Trinajstić information content (AvgIpc) is 2.85. The van der Waals surface area contributed by atoms with Gasteiger partial charge in [-0.05, 0) is 61.3 Å². The molecule has 0 aliphatic carbocycles. The van der Waals surface area contributed by atoms with E-state index in [0.717, 1.165) is 28.5 Å². The Hall–Kier alpha value is -2.63. The molecule has 5 heteroatoms. The van der Waals surface area contributed by atoms with Gasteiger partial charge in [0.25, 0.3) is 0 Å². The first-order chi connectivity index (χ1) is 15.8. The van der Waals surface area contributed by atoms with Gasteiger partial charge in [0.2, 0.25) is 0 Å². The summed E-state index contributed by atoms with van der Waals surface area (Å²) in [7, 11) is 0. The average molecular weight is 448 g/mol. The van der Waals surface area contributed by atoms with Gasteiger partial charge in [0.15, 0.2) is 0 Å². The second kappa shape index (κ2) is 9.88. The number of nitrogens with zero attached hydrogens (tertiary/aromatic N) is 1. The Kier molecular flexibility index (Phi) is 6.56. The molecule has 0 bridgehead atoms. The zero-order valence-electron chi connectivity index (χ0n) is 18.2. The second-order valence-corrected chi connectivity index (χ2v) is 9.62. The Morgan fingerprint density at radius 1 is 0.906 bits per heavy atom. The van der Waals surface area contributed by atoms with Crippen molar-refractivity contribution in [3.8, 4) is 17.2 Å². The quantitative estimate of drug-likeness (QED) is 0.486. The topological polar surface area (TPSA) is 41.9 Å². The predicted molar refractivity (Wildman–Crippen MR) is 129 cm³/mol. The van der Waals surface area contributed by atoms with Crippen molar-refractivity contribution in [1.82, 2.24) is 4.90 Å². The van der Waals surface area contributed by atoms with Crippen LogP contribution in [0.4, 0.5) is 0 Å². The van der Waals surface area contributed by atoms with Gasteiger partial charge in [-0.3, -0.25) is 4.90 Å². The van der Waals surface area contributed by atoms with Gasteiger partial charge in [-0.25, -0.2) is 0 Å². The molecule has 1 unspecified atom stereocenters. The number of piperidine rings is 1. The number of ether oxygens (including phenoxy) is 2. The number of aromatic hydroxyl groups is 1. The highest BCUT2D eigenvalue weighted by Crippen LogP contribution is 2.53. The van der Waals surface area contributed by atoms with Gasteiger partial charge in [-0.1, -0.05) is 48.9 Å². The summed E-state index contributed by atoms with van der Waals surface area (Å²) in [4.78, 5) is 3.54. The molecule has 2 aliphatic rings. The fourth-order valence-corrected chi connectivity index (χ4v) is 5.71. The third kappa shape index (κ3) is 4.89. The number of phenolic OH excluding ortho intramolecular Hbond substituents is 1. The van der Waals surface area contributed by atoms with Gasteiger partial charge in [0.05, 0.1) is 10.1 Å². The van der Waals surface area contributed by atoms with E-state index >= 15 is 0 Å². The standard InChI is InChI=1S/C27H29NO3S/c29-22-11-14-25-24(19-22)31-26(27(32-25)21-7-3-1-4-8-21)20-9-12-23(13-10-20)30-18-17-28-15-5-2-6-16-28/h1,3-4,7-14,19,26-27,29H,2,5-6,15-18H2/t26-,27?/m1/s1. The normalized spacial score (nSPS) is 20.9. The lowest BCUT2D eigenvalue weighted by molar-refractivity contribution is 0.182. The summed E-state index contributed by atoms with van der Waals surface area (Å²) in [6.45, 7) is 4.09. The third-order valence-electron chi connectivity index (χ3n) is 6.17. The van der Waals surface area contributed by atoms with Crippen LogP contribution in [0.25, 0.3) is 0 Å². The lowest BCUT2D eigenvalue weighted by Crippen LogP contribution is -2.33. The first-order valence-corrected chi connectivity index (χ1v) is 12.3. The summed E-state index contributed by atoms with van der Waals surface area (Å²) < 4.78 is 12.5. The zero-order valence-corrected chi connectivity index (χ0v) is 19.0. The second-order valence-electron chi connectivity index (χ2n) is 8.44. The summed E-state index contributed by atoms with van der Waals surface area (Å²) in [5.74, 6) is 1.84. The summed E-state index contributed by atoms with van der Waals surface area (Å²) in [6.07, 6.45) is 3.81. The molecule has 0 aromatic heterocycles. The molecule has 1 N–H and O–H groups in total. The van der Waals surface area contributed by atoms with Crippen LogP contribution in [0.2, 0.25) is 0 Å². The van der Waals surface area contributed by atoms with Crippen LogP contribution in [-0.4, -0.2) is 36.2 Å². The van der Waals surface area contributed by atoms with Crippen LogP contribution in [0.15, 0.2) is 77.7 Å². The molecule has 0 radical (unpaired) electrons. The van der Waals surface area contributed by atoms with E-state index in [2.05, 4.69) is 41.3 Å². The fraction of sp³-hybridized carbons (Fsp3) is 0.333. The molecule has 4 nitrogen and oxygen atoms in total. The molecular weight excluding hydrogens is 418 g/mol. The summed E-state index contributed by atoms with van der Waals surface area (Å²) in [5.41, 5.74) is 2.33. The van der Waals surface area contributed by atoms with E-state index in [-0.39, 0.29) is 17.1 Å². The Morgan fingerprint density at radius 3 is 2.47 bits per heavy atom. The van der Waals surface area contributed by atoms with Gasteiger partial charge in [0, 0.05) is 12.6 Å². The van der Waals surface area contributed by atoms with Crippen LogP contribution < -0.4 is 9.47 Å². The van der Waals surface area contributed by atoms with Gasteiger partial charge < -0.3 is 14.6 Å². The third-order valence-corrected chi connectivity index (χ3v) is 7.54. The molecule has 2 aliphatic heterocycles. The highest BCUT2D eigenvalue weighted by atomic mass is 32.2. The summed E-state index contributed by atoms with van der Waals surface area (Å²) in [6, 6.07) is 24.1. The van der Waals surface area contributed by atoms with Crippen LogP contribution in [0.1, 0.15) is 41.7 Å². The largest absolute Gasteiger partial charge is 0.508 e. The van der Waals surface area contributed by atoms with E-state index in [1.165, 1.54) is 37.9 Å². The van der Waals surface area contributed by atoms with Crippen molar-refractivity contribution in [2.45, 2.75) is 35.5 Å².